The standard InChI is InChI=1S/C15H19N3O2/c1-19-13(11-7-3-2-4-8-11)14-17-15(20-18-14)12-9-5-6-10-16-12/h2-4,7-8,12-13,16H,5-6,9-10H2,1H3/t12-,13?/m0/s1. The molecule has 1 aliphatic heterocycles. The van der Waals surface area contributed by atoms with Crippen molar-refractivity contribution in [2.75, 3.05) is 13.7 Å². The third-order valence-electron chi connectivity index (χ3n) is 3.64. The van der Waals surface area contributed by atoms with Crippen LogP contribution in [0.1, 0.15) is 48.7 Å². The van der Waals surface area contributed by atoms with Crippen molar-refractivity contribution >= 4 is 0 Å². The van der Waals surface area contributed by atoms with E-state index < -0.39 is 0 Å². The monoisotopic (exact) mass is 273 g/mol. The highest BCUT2D eigenvalue weighted by atomic mass is 16.5. The normalized spacial score (nSPS) is 20.8. The maximum atomic E-state index is 5.52. The third kappa shape index (κ3) is 2.73. The van der Waals surface area contributed by atoms with E-state index in [1.807, 2.05) is 30.3 Å². The molecular formula is C15H19N3O2. The van der Waals surface area contributed by atoms with E-state index in [9.17, 15) is 0 Å². The van der Waals surface area contributed by atoms with Gasteiger partial charge in [0.2, 0.25) is 11.7 Å². The molecule has 5 heteroatoms. The van der Waals surface area contributed by atoms with Crippen molar-refractivity contribution in [3.63, 3.8) is 0 Å². The predicted octanol–water partition coefficient (Wildman–Crippen LogP) is 2.62. The Labute approximate surface area is 118 Å². The Morgan fingerprint density at radius 3 is 2.85 bits per heavy atom. The molecule has 106 valence electrons. The molecule has 0 amide bonds. The van der Waals surface area contributed by atoms with Crippen molar-refractivity contribution < 1.29 is 9.26 Å². The van der Waals surface area contributed by atoms with Gasteiger partial charge in [-0.15, -0.1) is 0 Å². The molecule has 5 nitrogen and oxygen atoms in total. The molecule has 1 aliphatic rings. The van der Waals surface area contributed by atoms with Crippen molar-refractivity contribution in [1.82, 2.24) is 15.5 Å². The Bertz CT molecular complexity index is 535. The van der Waals surface area contributed by atoms with Crippen LogP contribution in [0, 0.1) is 0 Å². The molecule has 0 radical (unpaired) electrons. The molecule has 1 aromatic heterocycles. The topological polar surface area (TPSA) is 60.2 Å². The molecule has 2 atom stereocenters. The number of hydrogen-bond acceptors (Lipinski definition) is 5. The summed E-state index contributed by atoms with van der Waals surface area (Å²) in [6.07, 6.45) is 3.17. The van der Waals surface area contributed by atoms with Gasteiger partial charge in [0, 0.05) is 7.11 Å². The van der Waals surface area contributed by atoms with Gasteiger partial charge < -0.3 is 14.6 Å². The summed E-state index contributed by atoms with van der Waals surface area (Å²) in [4.78, 5) is 4.52. The maximum absolute atomic E-state index is 5.52. The Kier molecular flexibility index (Phi) is 4.08. The van der Waals surface area contributed by atoms with Crippen LogP contribution in [0.4, 0.5) is 0 Å². The van der Waals surface area contributed by atoms with Crippen LogP contribution in [0.5, 0.6) is 0 Å². The molecule has 1 unspecified atom stereocenters. The lowest BCUT2D eigenvalue weighted by Gasteiger charge is -2.19. The molecule has 0 bridgehead atoms. The molecule has 0 saturated carbocycles. The highest BCUT2D eigenvalue weighted by Crippen LogP contribution is 2.26. The number of methoxy groups -OCH3 is 1. The molecule has 1 fully saturated rings. The van der Waals surface area contributed by atoms with E-state index in [1.54, 1.807) is 7.11 Å². The molecule has 1 aromatic carbocycles. The van der Waals surface area contributed by atoms with Gasteiger partial charge in [-0.3, -0.25) is 0 Å². The number of piperidine rings is 1. The zero-order valence-electron chi connectivity index (χ0n) is 11.6. The summed E-state index contributed by atoms with van der Waals surface area (Å²) in [6.45, 7) is 1.01. The summed E-state index contributed by atoms with van der Waals surface area (Å²) in [5, 5.41) is 7.50. The first-order valence-corrected chi connectivity index (χ1v) is 7.03. The van der Waals surface area contributed by atoms with Gasteiger partial charge >= 0.3 is 0 Å². The van der Waals surface area contributed by atoms with E-state index in [4.69, 9.17) is 9.26 Å². The number of rotatable bonds is 4. The fourth-order valence-corrected chi connectivity index (χ4v) is 2.58. The first-order valence-electron chi connectivity index (χ1n) is 7.03. The zero-order chi connectivity index (χ0) is 13.8. The van der Waals surface area contributed by atoms with E-state index in [0.29, 0.717) is 11.7 Å². The fourth-order valence-electron chi connectivity index (χ4n) is 2.58. The van der Waals surface area contributed by atoms with Gasteiger partial charge in [-0.1, -0.05) is 41.9 Å². The maximum Gasteiger partial charge on any atom is 0.243 e. The van der Waals surface area contributed by atoms with Crippen LogP contribution in [0.2, 0.25) is 0 Å². The molecule has 0 aliphatic carbocycles. The van der Waals surface area contributed by atoms with Crippen LogP contribution < -0.4 is 5.32 Å². The van der Waals surface area contributed by atoms with Gasteiger partial charge in [0.05, 0.1) is 6.04 Å². The summed E-state index contributed by atoms with van der Waals surface area (Å²) in [7, 11) is 1.66. The van der Waals surface area contributed by atoms with Crippen LogP contribution in [-0.4, -0.2) is 23.8 Å². The SMILES string of the molecule is COC(c1ccccc1)c1noc([C@@H]2CCCCN2)n1. The second kappa shape index (κ2) is 6.15. The fraction of sp³-hybridized carbons (Fsp3) is 0.467. The number of nitrogens with one attached hydrogen (secondary N) is 1. The average Bonchev–Trinajstić information content (AvgIpc) is 3.00. The molecule has 0 spiro atoms. The summed E-state index contributed by atoms with van der Waals surface area (Å²) in [5.41, 5.74) is 1.03. The van der Waals surface area contributed by atoms with Crippen LogP contribution in [0.15, 0.2) is 34.9 Å². The number of aromatic nitrogens is 2. The van der Waals surface area contributed by atoms with E-state index >= 15 is 0 Å². The Morgan fingerprint density at radius 1 is 1.30 bits per heavy atom. The minimum Gasteiger partial charge on any atom is -0.369 e. The molecule has 3 rings (SSSR count). The summed E-state index contributed by atoms with van der Waals surface area (Å²) < 4.78 is 10.9. The minimum atomic E-state index is -0.280. The largest absolute Gasteiger partial charge is 0.369 e. The molecule has 1 N–H and O–H groups in total. The summed E-state index contributed by atoms with van der Waals surface area (Å²) in [5.74, 6) is 1.25. The first-order chi connectivity index (χ1) is 9.88. The van der Waals surface area contributed by atoms with E-state index in [0.717, 1.165) is 18.5 Å². The van der Waals surface area contributed by atoms with Crippen LogP contribution >= 0.6 is 0 Å². The lowest BCUT2D eigenvalue weighted by molar-refractivity contribution is 0.126. The van der Waals surface area contributed by atoms with Gasteiger partial charge in [0.25, 0.3) is 0 Å². The quantitative estimate of drug-likeness (QED) is 0.928. The Balaban J connectivity index is 1.81. The smallest absolute Gasteiger partial charge is 0.243 e. The molecule has 2 heterocycles. The lowest BCUT2D eigenvalue weighted by atomic mass is 10.1. The predicted molar refractivity (Wildman–Crippen MR) is 74.2 cm³/mol. The number of benzene rings is 1. The van der Waals surface area contributed by atoms with Gasteiger partial charge in [-0.25, -0.2) is 0 Å². The van der Waals surface area contributed by atoms with E-state index in [1.165, 1.54) is 12.8 Å². The molecule has 20 heavy (non-hydrogen) atoms. The highest BCUT2D eigenvalue weighted by molar-refractivity contribution is 5.22. The highest BCUT2D eigenvalue weighted by Gasteiger charge is 2.24. The Hall–Kier alpha value is -1.72. The molecule has 2 aromatic rings. The Morgan fingerprint density at radius 2 is 2.15 bits per heavy atom. The van der Waals surface area contributed by atoms with Crippen molar-refractivity contribution in [1.29, 1.82) is 0 Å². The minimum absolute atomic E-state index is 0.179. The molecular weight excluding hydrogens is 254 g/mol. The first kappa shape index (κ1) is 13.3. The second-order valence-electron chi connectivity index (χ2n) is 5.02. The van der Waals surface area contributed by atoms with Crippen molar-refractivity contribution in [2.45, 2.75) is 31.4 Å². The number of nitrogens with zero attached hydrogens (tertiary/aromatic N) is 2. The van der Waals surface area contributed by atoms with Gasteiger partial charge in [0.1, 0.15) is 6.10 Å². The second-order valence-corrected chi connectivity index (χ2v) is 5.02. The average molecular weight is 273 g/mol. The third-order valence-corrected chi connectivity index (χ3v) is 3.64. The number of ether oxygens (including phenoxy) is 1. The number of hydrogen-bond donors (Lipinski definition) is 1. The van der Waals surface area contributed by atoms with Crippen molar-refractivity contribution in [3.05, 3.63) is 47.6 Å². The zero-order valence-corrected chi connectivity index (χ0v) is 11.6. The summed E-state index contributed by atoms with van der Waals surface area (Å²) >= 11 is 0. The van der Waals surface area contributed by atoms with Crippen molar-refractivity contribution in [3.8, 4) is 0 Å². The van der Waals surface area contributed by atoms with Gasteiger partial charge in [0.15, 0.2) is 0 Å². The van der Waals surface area contributed by atoms with E-state index in [2.05, 4.69) is 15.5 Å². The lowest BCUT2D eigenvalue weighted by Crippen LogP contribution is -2.27. The van der Waals surface area contributed by atoms with Crippen molar-refractivity contribution in [2.24, 2.45) is 0 Å². The summed E-state index contributed by atoms with van der Waals surface area (Å²) in [6, 6.07) is 10.1. The van der Waals surface area contributed by atoms with Crippen LogP contribution in [0.3, 0.4) is 0 Å². The van der Waals surface area contributed by atoms with Gasteiger partial charge in [-0.05, 0) is 24.9 Å². The van der Waals surface area contributed by atoms with E-state index in [-0.39, 0.29) is 12.1 Å². The van der Waals surface area contributed by atoms with Crippen LogP contribution in [0.25, 0.3) is 0 Å². The van der Waals surface area contributed by atoms with Crippen LogP contribution in [-0.2, 0) is 4.74 Å². The molecule has 1 saturated heterocycles. The van der Waals surface area contributed by atoms with Gasteiger partial charge in [-0.2, -0.15) is 4.98 Å².